The zero-order chi connectivity index (χ0) is 15.1. The molecule has 1 heterocycles. The molecule has 0 saturated carbocycles. The first-order chi connectivity index (χ1) is 9.38. The molecule has 0 amide bonds. The highest BCUT2D eigenvalue weighted by molar-refractivity contribution is 7.09. The van der Waals surface area contributed by atoms with Crippen molar-refractivity contribution in [3.63, 3.8) is 0 Å². The summed E-state index contributed by atoms with van der Waals surface area (Å²) in [6.07, 6.45) is 0.742. The van der Waals surface area contributed by atoms with Crippen molar-refractivity contribution in [2.24, 2.45) is 5.92 Å². The molecular formula is C15H28N2O2S. The Kier molecular flexibility index (Phi) is 7.66. The minimum absolute atomic E-state index is 0.163. The first-order valence-electron chi connectivity index (χ1n) is 7.33. The van der Waals surface area contributed by atoms with Gasteiger partial charge in [-0.15, -0.1) is 11.3 Å². The predicted molar refractivity (Wildman–Crippen MR) is 84.1 cm³/mol. The fourth-order valence-electron chi connectivity index (χ4n) is 2.04. The first kappa shape index (κ1) is 17.6. The number of aliphatic hydroxyl groups excluding tert-OH is 1. The molecule has 1 aromatic rings. The molecule has 0 aliphatic rings. The highest BCUT2D eigenvalue weighted by atomic mass is 32.1. The number of aryl methyl sites for hydroxylation is 1. The number of nitrogens with one attached hydrogen (secondary N) is 1. The Morgan fingerprint density at radius 2 is 2.05 bits per heavy atom. The quantitative estimate of drug-likeness (QED) is 0.736. The number of nitrogens with zero attached hydrogens (tertiary/aromatic N) is 1. The third kappa shape index (κ3) is 6.79. The molecule has 0 bridgehead atoms. The SMILES string of the molecule is Cc1csc(C(C)NCC(O)COC(C)CC(C)C)n1. The molecule has 0 saturated heterocycles. The number of hydrogen-bond donors (Lipinski definition) is 2. The van der Waals surface area contributed by atoms with E-state index in [1.165, 1.54) is 0 Å². The second kappa shape index (κ2) is 8.72. The number of hydrogen-bond acceptors (Lipinski definition) is 5. The van der Waals surface area contributed by atoms with Gasteiger partial charge >= 0.3 is 0 Å². The average Bonchev–Trinajstić information content (AvgIpc) is 2.79. The van der Waals surface area contributed by atoms with Crippen molar-refractivity contribution < 1.29 is 9.84 Å². The average molecular weight is 300 g/mol. The normalized spacial score (nSPS) is 16.4. The van der Waals surface area contributed by atoms with E-state index in [2.05, 4.69) is 38.0 Å². The van der Waals surface area contributed by atoms with Gasteiger partial charge in [-0.3, -0.25) is 0 Å². The Hall–Kier alpha value is -0.490. The van der Waals surface area contributed by atoms with Crippen LogP contribution in [0, 0.1) is 12.8 Å². The van der Waals surface area contributed by atoms with Gasteiger partial charge in [0.05, 0.1) is 24.9 Å². The Balaban J connectivity index is 2.21. The van der Waals surface area contributed by atoms with Gasteiger partial charge in [-0.1, -0.05) is 13.8 Å². The van der Waals surface area contributed by atoms with Crippen LogP contribution in [0.1, 0.15) is 50.9 Å². The molecule has 0 aliphatic carbocycles. The van der Waals surface area contributed by atoms with Crippen LogP contribution in [0.3, 0.4) is 0 Å². The summed E-state index contributed by atoms with van der Waals surface area (Å²) in [7, 11) is 0. The van der Waals surface area contributed by atoms with E-state index in [-0.39, 0.29) is 12.1 Å². The largest absolute Gasteiger partial charge is 0.389 e. The number of aromatic nitrogens is 1. The van der Waals surface area contributed by atoms with E-state index >= 15 is 0 Å². The molecule has 4 nitrogen and oxygen atoms in total. The van der Waals surface area contributed by atoms with Gasteiger partial charge in [0.15, 0.2) is 0 Å². The maximum Gasteiger partial charge on any atom is 0.110 e. The smallest absolute Gasteiger partial charge is 0.110 e. The van der Waals surface area contributed by atoms with Gasteiger partial charge in [0.1, 0.15) is 5.01 Å². The van der Waals surface area contributed by atoms with Crippen LogP contribution in [0.5, 0.6) is 0 Å². The molecule has 116 valence electrons. The topological polar surface area (TPSA) is 54.4 Å². The van der Waals surface area contributed by atoms with E-state index in [1.54, 1.807) is 11.3 Å². The van der Waals surface area contributed by atoms with E-state index in [0.29, 0.717) is 19.1 Å². The number of aliphatic hydroxyl groups is 1. The minimum atomic E-state index is -0.479. The lowest BCUT2D eigenvalue weighted by molar-refractivity contribution is -0.00914. The molecular weight excluding hydrogens is 272 g/mol. The van der Waals surface area contributed by atoms with E-state index < -0.39 is 6.10 Å². The van der Waals surface area contributed by atoms with Gasteiger partial charge in [-0.2, -0.15) is 0 Å². The minimum Gasteiger partial charge on any atom is -0.389 e. The summed E-state index contributed by atoms with van der Waals surface area (Å²) >= 11 is 1.65. The van der Waals surface area contributed by atoms with Crippen molar-refractivity contribution in [2.45, 2.75) is 59.3 Å². The summed E-state index contributed by atoms with van der Waals surface area (Å²) in [5.74, 6) is 0.619. The third-order valence-electron chi connectivity index (χ3n) is 3.04. The van der Waals surface area contributed by atoms with Crippen LogP contribution in [0.15, 0.2) is 5.38 Å². The number of rotatable bonds is 9. The highest BCUT2D eigenvalue weighted by Gasteiger charge is 2.13. The van der Waals surface area contributed by atoms with Crippen LogP contribution in [0.25, 0.3) is 0 Å². The Labute approximate surface area is 126 Å². The molecule has 0 aliphatic heterocycles. The molecule has 1 aromatic heterocycles. The van der Waals surface area contributed by atoms with Gasteiger partial charge in [0, 0.05) is 17.6 Å². The van der Waals surface area contributed by atoms with Crippen LogP contribution >= 0.6 is 11.3 Å². The van der Waals surface area contributed by atoms with Gasteiger partial charge in [-0.25, -0.2) is 4.98 Å². The third-order valence-corrected chi connectivity index (χ3v) is 4.19. The highest BCUT2D eigenvalue weighted by Crippen LogP contribution is 2.17. The molecule has 1 rings (SSSR count). The van der Waals surface area contributed by atoms with Gasteiger partial charge in [0.2, 0.25) is 0 Å². The van der Waals surface area contributed by atoms with Crippen LogP contribution in [-0.2, 0) is 4.74 Å². The molecule has 0 aromatic carbocycles. The van der Waals surface area contributed by atoms with Gasteiger partial charge in [-0.05, 0) is 33.1 Å². The fraction of sp³-hybridized carbons (Fsp3) is 0.800. The fourth-order valence-corrected chi connectivity index (χ4v) is 2.87. The van der Waals surface area contributed by atoms with E-state index in [4.69, 9.17) is 4.74 Å². The van der Waals surface area contributed by atoms with E-state index in [1.807, 2.05) is 12.3 Å². The maximum absolute atomic E-state index is 9.93. The van der Waals surface area contributed by atoms with Crippen molar-refractivity contribution in [3.05, 3.63) is 16.1 Å². The first-order valence-corrected chi connectivity index (χ1v) is 8.21. The van der Waals surface area contributed by atoms with Gasteiger partial charge in [0.25, 0.3) is 0 Å². The maximum atomic E-state index is 9.93. The zero-order valence-corrected chi connectivity index (χ0v) is 14.0. The molecule has 2 N–H and O–H groups in total. The monoisotopic (exact) mass is 300 g/mol. The lowest BCUT2D eigenvalue weighted by Crippen LogP contribution is -2.33. The van der Waals surface area contributed by atoms with Crippen LogP contribution in [0.2, 0.25) is 0 Å². The van der Waals surface area contributed by atoms with Crippen LogP contribution < -0.4 is 5.32 Å². The summed E-state index contributed by atoms with van der Waals surface area (Å²) in [4.78, 5) is 4.44. The lowest BCUT2D eigenvalue weighted by Gasteiger charge is -2.19. The molecule has 0 fully saturated rings. The Bertz CT molecular complexity index is 382. The number of thiazole rings is 1. The van der Waals surface area contributed by atoms with Crippen molar-refractivity contribution in [3.8, 4) is 0 Å². The standard InChI is InChI=1S/C15H28N2O2S/c1-10(2)6-12(4)19-8-14(18)7-16-13(5)15-17-11(3)9-20-15/h9-10,12-14,16,18H,6-8H2,1-5H3. The van der Waals surface area contributed by atoms with Crippen molar-refractivity contribution in [1.29, 1.82) is 0 Å². The van der Waals surface area contributed by atoms with Crippen molar-refractivity contribution in [2.75, 3.05) is 13.2 Å². The molecule has 3 atom stereocenters. The Morgan fingerprint density at radius 3 is 2.60 bits per heavy atom. The molecule has 5 heteroatoms. The van der Waals surface area contributed by atoms with Crippen LogP contribution in [-0.4, -0.2) is 35.5 Å². The molecule has 20 heavy (non-hydrogen) atoms. The molecule has 0 radical (unpaired) electrons. The van der Waals surface area contributed by atoms with E-state index in [0.717, 1.165) is 17.1 Å². The van der Waals surface area contributed by atoms with Gasteiger partial charge < -0.3 is 15.2 Å². The summed E-state index contributed by atoms with van der Waals surface area (Å²) in [5, 5.41) is 16.3. The molecule has 3 unspecified atom stereocenters. The van der Waals surface area contributed by atoms with Crippen molar-refractivity contribution >= 4 is 11.3 Å². The second-order valence-electron chi connectivity index (χ2n) is 5.88. The summed E-state index contributed by atoms with van der Waals surface area (Å²) in [5.41, 5.74) is 1.05. The van der Waals surface area contributed by atoms with Crippen LogP contribution in [0.4, 0.5) is 0 Å². The van der Waals surface area contributed by atoms with Crippen molar-refractivity contribution in [1.82, 2.24) is 10.3 Å². The predicted octanol–water partition coefficient (Wildman–Crippen LogP) is 2.91. The summed E-state index contributed by atoms with van der Waals surface area (Å²) in [6.45, 7) is 11.4. The number of ether oxygens (including phenoxy) is 1. The van der Waals surface area contributed by atoms with E-state index in [9.17, 15) is 5.11 Å². The lowest BCUT2D eigenvalue weighted by atomic mass is 10.1. The summed E-state index contributed by atoms with van der Waals surface area (Å²) in [6, 6.07) is 0.163. The zero-order valence-electron chi connectivity index (χ0n) is 13.2. The Morgan fingerprint density at radius 1 is 1.35 bits per heavy atom. The molecule has 0 spiro atoms. The second-order valence-corrected chi connectivity index (χ2v) is 6.77. The summed E-state index contributed by atoms with van der Waals surface area (Å²) < 4.78 is 5.65.